The third-order valence-corrected chi connectivity index (χ3v) is 5.32. The number of ether oxygens (including phenoxy) is 1. The van der Waals surface area contributed by atoms with Crippen LogP contribution in [0, 0.1) is 0 Å². The summed E-state index contributed by atoms with van der Waals surface area (Å²) in [6, 6.07) is 24.5. The quantitative estimate of drug-likeness (QED) is 0.686. The molecule has 1 amide bonds. The molecule has 0 aliphatic rings. The topological polar surface area (TPSA) is 72.5 Å². The molecule has 6 heteroatoms. The van der Waals surface area contributed by atoms with Gasteiger partial charge in [0.1, 0.15) is 5.75 Å². The van der Waals surface area contributed by atoms with Gasteiger partial charge in [0.2, 0.25) is 0 Å². The maximum Gasteiger partial charge on any atom is 0.417 e. The van der Waals surface area contributed by atoms with Crippen molar-refractivity contribution in [1.29, 1.82) is 0 Å². The summed E-state index contributed by atoms with van der Waals surface area (Å²) in [5.41, 5.74) is 1.95. The molecular weight excluding hydrogens is 362 g/mol. The van der Waals surface area contributed by atoms with Crippen LogP contribution in [0.1, 0.15) is 11.1 Å². The lowest BCUT2D eigenvalue weighted by Gasteiger charge is -2.08. The molecule has 3 aromatic carbocycles. The second-order valence-electron chi connectivity index (χ2n) is 6.04. The Bertz CT molecular complexity index is 985. The molecule has 0 unspecified atom stereocenters. The van der Waals surface area contributed by atoms with E-state index in [-0.39, 0.29) is 11.5 Å². The van der Waals surface area contributed by atoms with Crippen molar-refractivity contribution >= 4 is 21.6 Å². The van der Waals surface area contributed by atoms with E-state index in [1.165, 1.54) is 0 Å². The zero-order valence-electron chi connectivity index (χ0n) is 14.5. The van der Waals surface area contributed by atoms with Crippen LogP contribution in [-0.2, 0) is 21.3 Å². The molecule has 0 heterocycles. The number of hydrogen-bond donors (Lipinski definition) is 1. The van der Waals surface area contributed by atoms with E-state index in [9.17, 15) is 13.2 Å². The second-order valence-corrected chi connectivity index (χ2v) is 8.11. The number of para-hydroxylation sites is 1. The lowest BCUT2D eigenvalue weighted by atomic mass is 10.2. The number of benzene rings is 3. The van der Waals surface area contributed by atoms with E-state index in [4.69, 9.17) is 4.74 Å². The van der Waals surface area contributed by atoms with Crippen LogP contribution in [0.15, 0.2) is 84.9 Å². The van der Waals surface area contributed by atoms with Gasteiger partial charge in [-0.25, -0.2) is 13.2 Å². The molecule has 0 aliphatic heterocycles. The van der Waals surface area contributed by atoms with Gasteiger partial charge in [0, 0.05) is 5.69 Å². The SMILES string of the molecule is O=C(Nc1ccc(CS(=O)(=O)Cc2ccccc2)cc1)Oc1ccccc1. The molecule has 0 aromatic heterocycles. The smallest absolute Gasteiger partial charge is 0.410 e. The molecule has 0 spiro atoms. The number of hydrogen-bond acceptors (Lipinski definition) is 4. The molecule has 0 atom stereocenters. The van der Waals surface area contributed by atoms with Crippen LogP contribution < -0.4 is 10.1 Å². The first kappa shape index (κ1) is 18.7. The highest BCUT2D eigenvalue weighted by Crippen LogP contribution is 2.16. The van der Waals surface area contributed by atoms with Gasteiger partial charge < -0.3 is 4.74 Å². The summed E-state index contributed by atoms with van der Waals surface area (Å²) >= 11 is 0. The summed E-state index contributed by atoms with van der Waals surface area (Å²) in [5, 5.41) is 2.61. The number of sulfone groups is 1. The Kier molecular flexibility index (Phi) is 5.88. The molecule has 5 nitrogen and oxygen atoms in total. The molecule has 0 fully saturated rings. The van der Waals surface area contributed by atoms with Crippen molar-refractivity contribution in [2.45, 2.75) is 11.5 Å². The number of nitrogens with one attached hydrogen (secondary N) is 1. The normalized spacial score (nSPS) is 11.0. The minimum Gasteiger partial charge on any atom is -0.410 e. The highest BCUT2D eigenvalue weighted by molar-refractivity contribution is 7.89. The lowest BCUT2D eigenvalue weighted by Crippen LogP contribution is -2.16. The standard InChI is InChI=1S/C21H19NO4S/c23-21(26-20-9-5-2-6-10-20)22-19-13-11-18(12-14-19)16-27(24,25)15-17-7-3-1-4-8-17/h1-14H,15-16H2,(H,22,23). The molecular formula is C21H19NO4S. The zero-order chi connectivity index (χ0) is 19.1. The fraction of sp³-hybridized carbons (Fsp3) is 0.0952. The first-order valence-corrected chi connectivity index (χ1v) is 10.2. The molecule has 0 bridgehead atoms. The van der Waals surface area contributed by atoms with Gasteiger partial charge in [-0.05, 0) is 35.4 Å². The van der Waals surface area contributed by atoms with Crippen LogP contribution >= 0.6 is 0 Å². The monoisotopic (exact) mass is 381 g/mol. The molecule has 0 radical (unpaired) electrons. The van der Waals surface area contributed by atoms with Gasteiger partial charge in [-0.3, -0.25) is 5.32 Å². The molecule has 0 aliphatic carbocycles. The van der Waals surface area contributed by atoms with Crippen molar-refractivity contribution in [3.8, 4) is 5.75 Å². The molecule has 27 heavy (non-hydrogen) atoms. The molecule has 3 rings (SSSR count). The van der Waals surface area contributed by atoms with Crippen molar-refractivity contribution in [1.82, 2.24) is 0 Å². The van der Waals surface area contributed by atoms with Crippen LogP contribution in [-0.4, -0.2) is 14.5 Å². The van der Waals surface area contributed by atoms with Gasteiger partial charge in [0.25, 0.3) is 0 Å². The Morgan fingerprint density at radius 1 is 0.741 bits per heavy atom. The average molecular weight is 381 g/mol. The van der Waals surface area contributed by atoms with E-state index >= 15 is 0 Å². The number of amides is 1. The van der Waals surface area contributed by atoms with Gasteiger partial charge in [-0.1, -0.05) is 60.7 Å². The summed E-state index contributed by atoms with van der Waals surface area (Å²) in [6.45, 7) is 0. The Morgan fingerprint density at radius 3 is 1.85 bits per heavy atom. The minimum atomic E-state index is -3.28. The van der Waals surface area contributed by atoms with Gasteiger partial charge in [0.15, 0.2) is 9.84 Å². The van der Waals surface area contributed by atoms with E-state index in [2.05, 4.69) is 5.32 Å². The van der Waals surface area contributed by atoms with E-state index in [0.717, 1.165) is 5.56 Å². The second kappa shape index (κ2) is 8.51. The number of rotatable bonds is 6. The predicted molar refractivity (Wildman–Crippen MR) is 105 cm³/mol. The van der Waals surface area contributed by atoms with Crippen LogP contribution in [0.5, 0.6) is 5.75 Å². The summed E-state index contributed by atoms with van der Waals surface area (Å²) < 4.78 is 29.8. The fourth-order valence-corrected chi connectivity index (χ4v) is 4.06. The Hall–Kier alpha value is -3.12. The third kappa shape index (κ3) is 5.97. The predicted octanol–water partition coefficient (Wildman–Crippen LogP) is 4.41. The molecule has 1 N–H and O–H groups in total. The van der Waals surface area contributed by atoms with Gasteiger partial charge in [0.05, 0.1) is 11.5 Å². The maximum absolute atomic E-state index is 12.3. The van der Waals surface area contributed by atoms with Gasteiger partial charge in [-0.2, -0.15) is 0 Å². The molecule has 138 valence electrons. The first-order chi connectivity index (χ1) is 13.0. The summed E-state index contributed by atoms with van der Waals surface area (Å²) in [6.07, 6.45) is -0.606. The lowest BCUT2D eigenvalue weighted by molar-refractivity contribution is 0.215. The van der Waals surface area contributed by atoms with Gasteiger partial charge in [-0.15, -0.1) is 0 Å². The first-order valence-electron chi connectivity index (χ1n) is 8.37. The highest BCUT2D eigenvalue weighted by Gasteiger charge is 2.13. The van der Waals surface area contributed by atoms with E-state index in [0.29, 0.717) is 17.0 Å². The summed E-state index contributed by atoms with van der Waals surface area (Å²) in [7, 11) is -3.28. The number of carbonyl (C=O) groups excluding carboxylic acids is 1. The zero-order valence-corrected chi connectivity index (χ0v) is 15.4. The summed E-state index contributed by atoms with van der Waals surface area (Å²) in [5.74, 6) is 0.382. The third-order valence-electron chi connectivity index (χ3n) is 3.77. The van der Waals surface area contributed by atoms with Crippen molar-refractivity contribution < 1.29 is 17.9 Å². The van der Waals surface area contributed by atoms with Crippen molar-refractivity contribution in [3.05, 3.63) is 96.1 Å². The summed E-state index contributed by atoms with van der Waals surface area (Å²) in [4.78, 5) is 11.9. The largest absolute Gasteiger partial charge is 0.417 e. The highest BCUT2D eigenvalue weighted by atomic mass is 32.2. The van der Waals surface area contributed by atoms with E-state index < -0.39 is 15.9 Å². The van der Waals surface area contributed by atoms with Crippen LogP contribution in [0.25, 0.3) is 0 Å². The van der Waals surface area contributed by atoms with Crippen molar-refractivity contribution in [3.63, 3.8) is 0 Å². The average Bonchev–Trinajstić information content (AvgIpc) is 2.64. The minimum absolute atomic E-state index is 0.00274. The Balaban J connectivity index is 1.57. The molecule has 0 saturated carbocycles. The molecule has 3 aromatic rings. The Morgan fingerprint density at radius 2 is 1.26 bits per heavy atom. The molecule has 0 saturated heterocycles. The van der Waals surface area contributed by atoms with Crippen molar-refractivity contribution in [2.24, 2.45) is 0 Å². The van der Waals surface area contributed by atoms with Crippen LogP contribution in [0.3, 0.4) is 0 Å². The van der Waals surface area contributed by atoms with E-state index in [1.807, 2.05) is 24.3 Å². The Labute approximate surface area is 158 Å². The number of carbonyl (C=O) groups is 1. The van der Waals surface area contributed by atoms with Crippen molar-refractivity contribution in [2.75, 3.05) is 5.32 Å². The number of anilines is 1. The van der Waals surface area contributed by atoms with E-state index in [1.54, 1.807) is 60.7 Å². The van der Waals surface area contributed by atoms with Gasteiger partial charge >= 0.3 is 6.09 Å². The van der Waals surface area contributed by atoms with Crippen LogP contribution in [0.2, 0.25) is 0 Å². The fourth-order valence-electron chi connectivity index (χ4n) is 2.56. The van der Waals surface area contributed by atoms with Crippen LogP contribution in [0.4, 0.5) is 10.5 Å². The maximum atomic E-state index is 12.3.